The van der Waals surface area contributed by atoms with E-state index in [0.717, 1.165) is 44.1 Å². The Balaban J connectivity index is 1.39. The minimum absolute atomic E-state index is 0.0426. The molecule has 2 heterocycles. The average molecular weight is 487 g/mol. The Morgan fingerprint density at radius 3 is 2.66 bits per heavy atom. The standard InChI is InChI=1S/C29H42O6/c1-15(2)23-8-19-10-27(13-30)22-7-6-16(3)21(22)11-28(19,29(23,27)26(31)32)14-34-24-9-20-17(4)12-33-25(20)18(5)35-24/h8,13,15-22,24-25H,6-7,9-12,14H2,1-5H3,(H,31,32)/t16-,17+,18-,19+,20-,21-,22-,24?,25-,27+,28+,29+/m1/s1. The lowest BCUT2D eigenvalue weighted by Gasteiger charge is -2.58. The van der Waals surface area contributed by atoms with Crippen molar-refractivity contribution in [3.8, 4) is 0 Å². The highest BCUT2D eigenvalue weighted by molar-refractivity contribution is 5.90. The maximum Gasteiger partial charge on any atom is 0.315 e. The second-order valence-corrected chi connectivity index (χ2v) is 13.2. The summed E-state index contributed by atoms with van der Waals surface area (Å²) in [6.45, 7) is 11.9. The van der Waals surface area contributed by atoms with Gasteiger partial charge in [0, 0.05) is 11.8 Å². The fraction of sp³-hybridized carbons (Fsp3) is 0.862. The molecule has 1 N–H and O–H groups in total. The summed E-state index contributed by atoms with van der Waals surface area (Å²) in [7, 11) is 0. The minimum Gasteiger partial charge on any atom is -0.481 e. The number of carboxylic acids is 1. The summed E-state index contributed by atoms with van der Waals surface area (Å²) in [6.07, 6.45) is 7.32. The molecule has 1 unspecified atom stereocenters. The Kier molecular flexibility index (Phi) is 5.43. The molecule has 2 saturated heterocycles. The summed E-state index contributed by atoms with van der Waals surface area (Å²) in [5, 5.41) is 11.1. The maximum atomic E-state index is 13.5. The van der Waals surface area contributed by atoms with E-state index in [1.54, 1.807) is 0 Å². The van der Waals surface area contributed by atoms with E-state index in [1.165, 1.54) is 0 Å². The smallest absolute Gasteiger partial charge is 0.315 e. The fourth-order valence-corrected chi connectivity index (χ4v) is 10.3. The van der Waals surface area contributed by atoms with Gasteiger partial charge in [-0.15, -0.1) is 0 Å². The zero-order valence-electron chi connectivity index (χ0n) is 21.9. The molecule has 5 fully saturated rings. The molecule has 6 heteroatoms. The minimum atomic E-state index is -1.18. The number of rotatable bonds is 6. The van der Waals surface area contributed by atoms with Gasteiger partial charge in [0.2, 0.25) is 0 Å². The van der Waals surface area contributed by atoms with Gasteiger partial charge in [-0.3, -0.25) is 4.79 Å². The number of carboxylic acid groups (broad SMARTS) is 1. The third kappa shape index (κ3) is 2.77. The van der Waals surface area contributed by atoms with Gasteiger partial charge in [-0.2, -0.15) is 0 Å². The molecule has 3 saturated carbocycles. The number of hydrogen-bond donors (Lipinski definition) is 1. The SMILES string of the molecule is CC(C)C1=C[C@H]2C[C@]3(C=O)[C@@H]4CC[C@@H](C)[C@H]4C[C@@]2(COC2C[C@H]4[C@H](OC[C@@H]4C)[C@@H](C)O2)[C@]13C(=O)O. The molecular formula is C29H42O6. The lowest BCUT2D eigenvalue weighted by molar-refractivity contribution is -0.251. The van der Waals surface area contributed by atoms with Crippen molar-refractivity contribution in [1.82, 2.24) is 0 Å². The van der Waals surface area contributed by atoms with E-state index >= 15 is 0 Å². The van der Waals surface area contributed by atoms with E-state index in [0.29, 0.717) is 36.7 Å². The zero-order valence-corrected chi connectivity index (χ0v) is 21.9. The summed E-state index contributed by atoms with van der Waals surface area (Å²) < 4.78 is 18.9. The topological polar surface area (TPSA) is 82.1 Å². The largest absolute Gasteiger partial charge is 0.481 e. The van der Waals surface area contributed by atoms with Crippen molar-refractivity contribution in [2.45, 2.75) is 85.2 Å². The Morgan fingerprint density at radius 1 is 1.20 bits per heavy atom. The molecule has 0 aromatic carbocycles. The molecular weight excluding hydrogens is 444 g/mol. The van der Waals surface area contributed by atoms with Gasteiger partial charge in [-0.25, -0.2) is 0 Å². The fourth-order valence-electron chi connectivity index (χ4n) is 10.3. The number of aldehydes is 1. The van der Waals surface area contributed by atoms with Gasteiger partial charge in [-0.1, -0.05) is 45.8 Å². The van der Waals surface area contributed by atoms with Crippen LogP contribution >= 0.6 is 0 Å². The van der Waals surface area contributed by atoms with Gasteiger partial charge in [0.05, 0.1) is 30.8 Å². The highest BCUT2D eigenvalue weighted by Gasteiger charge is 2.84. The highest BCUT2D eigenvalue weighted by atomic mass is 16.7. The van der Waals surface area contributed by atoms with Crippen molar-refractivity contribution in [2.24, 2.45) is 57.7 Å². The van der Waals surface area contributed by atoms with Crippen LogP contribution in [0.15, 0.2) is 11.6 Å². The molecule has 0 amide bonds. The van der Waals surface area contributed by atoms with Gasteiger partial charge in [0.25, 0.3) is 0 Å². The molecule has 0 aromatic heterocycles. The summed E-state index contributed by atoms with van der Waals surface area (Å²) >= 11 is 0. The summed E-state index contributed by atoms with van der Waals surface area (Å²) in [6, 6.07) is 0. The van der Waals surface area contributed by atoms with E-state index in [1.807, 2.05) is 0 Å². The Labute approximate surface area is 209 Å². The molecule has 6 nitrogen and oxygen atoms in total. The van der Waals surface area contributed by atoms with Crippen LogP contribution in [-0.2, 0) is 23.8 Å². The molecule has 4 bridgehead atoms. The van der Waals surface area contributed by atoms with Gasteiger partial charge in [0.15, 0.2) is 6.29 Å². The van der Waals surface area contributed by atoms with Crippen LogP contribution in [0.25, 0.3) is 0 Å². The number of allylic oxidation sites excluding steroid dienone is 1. The number of hydrogen-bond acceptors (Lipinski definition) is 5. The number of fused-ring (bicyclic) bond motifs is 3. The first-order valence-corrected chi connectivity index (χ1v) is 13.9. The molecule has 0 aromatic rings. The number of aliphatic carboxylic acids is 1. The van der Waals surface area contributed by atoms with Crippen LogP contribution in [-0.4, -0.2) is 49.1 Å². The monoisotopic (exact) mass is 486 g/mol. The van der Waals surface area contributed by atoms with Crippen molar-refractivity contribution in [3.05, 3.63) is 11.6 Å². The molecule has 194 valence electrons. The molecule has 2 aliphatic heterocycles. The van der Waals surface area contributed by atoms with E-state index in [-0.39, 0.29) is 36.3 Å². The van der Waals surface area contributed by atoms with E-state index in [4.69, 9.17) is 14.2 Å². The molecule has 6 aliphatic rings. The molecule has 12 atom stereocenters. The van der Waals surface area contributed by atoms with Gasteiger partial charge in [-0.05, 0) is 67.6 Å². The Hall–Kier alpha value is -1.24. The third-order valence-electron chi connectivity index (χ3n) is 11.6. The quantitative estimate of drug-likeness (QED) is 0.432. The van der Waals surface area contributed by atoms with Crippen LogP contribution in [0.5, 0.6) is 0 Å². The zero-order chi connectivity index (χ0) is 24.9. The lowest BCUT2D eigenvalue weighted by Crippen LogP contribution is -2.63. The predicted octanol–water partition coefficient (Wildman–Crippen LogP) is 4.71. The van der Waals surface area contributed by atoms with Crippen molar-refractivity contribution in [3.63, 3.8) is 0 Å². The first-order valence-electron chi connectivity index (χ1n) is 13.9. The van der Waals surface area contributed by atoms with Crippen molar-refractivity contribution in [2.75, 3.05) is 13.2 Å². The molecule has 4 aliphatic carbocycles. The number of ether oxygens (including phenoxy) is 3. The maximum absolute atomic E-state index is 13.5. The van der Waals surface area contributed by atoms with Gasteiger partial charge in [0.1, 0.15) is 11.7 Å². The first kappa shape index (κ1) is 24.1. The van der Waals surface area contributed by atoms with Crippen molar-refractivity contribution in [1.29, 1.82) is 0 Å². The Bertz CT molecular complexity index is 943. The molecule has 6 rings (SSSR count). The number of carbonyl (C=O) groups is 2. The molecule has 0 spiro atoms. The van der Waals surface area contributed by atoms with Crippen LogP contribution < -0.4 is 0 Å². The van der Waals surface area contributed by atoms with Crippen LogP contribution in [0.3, 0.4) is 0 Å². The van der Waals surface area contributed by atoms with Gasteiger partial charge < -0.3 is 24.1 Å². The van der Waals surface area contributed by atoms with Crippen LogP contribution in [0.1, 0.15) is 66.7 Å². The first-order chi connectivity index (χ1) is 16.6. The van der Waals surface area contributed by atoms with Crippen LogP contribution in [0, 0.1) is 57.7 Å². The van der Waals surface area contributed by atoms with Crippen molar-refractivity contribution >= 4 is 12.3 Å². The van der Waals surface area contributed by atoms with Crippen molar-refractivity contribution < 1.29 is 28.9 Å². The summed E-state index contributed by atoms with van der Waals surface area (Å²) in [4.78, 5) is 26.7. The molecule has 0 radical (unpaired) electrons. The van der Waals surface area contributed by atoms with E-state index in [2.05, 4.69) is 40.7 Å². The second kappa shape index (κ2) is 7.88. The predicted molar refractivity (Wildman–Crippen MR) is 129 cm³/mol. The van der Waals surface area contributed by atoms with Gasteiger partial charge >= 0.3 is 5.97 Å². The average Bonchev–Trinajstić information content (AvgIpc) is 3.50. The normalized spacial score (nSPS) is 54.0. The summed E-state index contributed by atoms with van der Waals surface area (Å²) in [5.41, 5.74) is -1.65. The second-order valence-electron chi connectivity index (χ2n) is 13.2. The number of carbonyl (C=O) groups excluding carboxylic acids is 1. The third-order valence-corrected chi connectivity index (χ3v) is 11.6. The molecule has 35 heavy (non-hydrogen) atoms. The summed E-state index contributed by atoms with van der Waals surface area (Å²) in [5.74, 6) is 1.22. The Morgan fingerprint density at radius 2 is 1.97 bits per heavy atom. The lowest BCUT2D eigenvalue weighted by atomic mass is 9.43. The van der Waals surface area contributed by atoms with E-state index < -0.39 is 22.2 Å². The van der Waals surface area contributed by atoms with Crippen LogP contribution in [0.4, 0.5) is 0 Å². The van der Waals surface area contributed by atoms with E-state index in [9.17, 15) is 14.7 Å². The van der Waals surface area contributed by atoms with Crippen LogP contribution in [0.2, 0.25) is 0 Å². The highest BCUT2D eigenvalue weighted by Crippen LogP contribution is 2.82.